The molecule has 2 aliphatic rings. The number of hydrogen-bond acceptors (Lipinski definition) is 10. The lowest BCUT2D eigenvalue weighted by molar-refractivity contribution is 0.0965. The van der Waals surface area contributed by atoms with Crippen molar-refractivity contribution in [1.82, 2.24) is 39.4 Å². The third kappa shape index (κ3) is 6.77. The van der Waals surface area contributed by atoms with Gasteiger partial charge in [0, 0.05) is 48.3 Å². The zero-order valence-corrected chi connectivity index (χ0v) is 28.0. The van der Waals surface area contributed by atoms with E-state index in [4.69, 9.17) is 29.1 Å². The normalized spacial score (nSPS) is 19.4. The number of fused-ring (bicyclic) bond motifs is 2. The van der Waals surface area contributed by atoms with Crippen molar-refractivity contribution in [2.45, 2.75) is 96.4 Å². The molecule has 12 heteroatoms. The molecule has 0 aliphatic carbocycles. The van der Waals surface area contributed by atoms with Crippen molar-refractivity contribution in [2.24, 2.45) is 0 Å². The van der Waals surface area contributed by atoms with Crippen molar-refractivity contribution in [1.29, 1.82) is 0 Å². The summed E-state index contributed by atoms with van der Waals surface area (Å²) in [4.78, 5) is 30.3. The van der Waals surface area contributed by atoms with Gasteiger partial charge in [0.25, 0.3) is 5.56 Å². The standard InChI is InChI=1S/C36H44N8O4/c1-24(28-14-9-10-17-37-28)43-19-16-26-22-44(40-33(26)36(43)45)31-21-32(47-25(2)29-15-12-18-42(29)3)39-35(38-31)34-27-13-8-6-4-5-7-11-20-46-23-30(27)48-41-34/h9-10,14,16-17,19,21-22,24-25,29H,4-8,11-13,15,18,20,23H2,1-3H3/t24-,25-,29-/m0/s1. The van der Waals surface area contributed by atoms with E-state index in [0.29, 0.717) is 47.3 Å². The Morgan fingerprint density at radius 3 is 2.69 bits per heavy atom. The van der Waals surface area contributed by atoms with E-state index in [9.17, 15) is 4.79 Å². The average molecular weight is 653 g/mol. The van der Waals surface area contributed by atoms with Crippen molar-refractivity contribution >= 4 is 10.9 Å². The van der Waals surface area contributed by atoms with Gasteiger partial charge in [-0.1, -0.05) is 36.9 Å². The number of pyridine rings is 2. The molecule has 0 bridgehead atoms. The molecule has 0 saturated carbocycles. The highest BCUT2D eigenvalue weighted by Gasteiger charge is 2.29. The lowest BCUT2D eigenvalue weighted by atomic mass is 10.0. The lowest BCUT2D eigenvalue weighted by Gasteiger charge is -2.26. The minimum atomic E-state index is -0.258. The van der Waals surface area contributed by atoms with E-state index in [1.165, 1.54) is 19.3 Å². The third-order valence-electron chi connectivity index (χ3n) is 9.76. The fourth-order valence-electron chi connectivity index (χ4n) is 6.98. The molecule has 0 unspecified atom stereocenters. The summed E-state index contributed by atoms with van der Waals surface area (Å²) in [5.74, 6) is 2.01. The van der Waals surface area contributed by atoms with Crippen LogP contribution < -0.4 is 10.3 Å². The molecular formula is C36H44N8O4. The van der Waals surface area contributed by atoms with Crippen LogP contribution in [0.4, 0.5) is 0 Å². The predicted molar refractivity (Wildman–Crippen MR) is 181 cm³/mol. The number of rotatable bonds is 7. The second-order valence-corrected chi connectivity index (χ2v) is 13.1. The van der Waals surface area contributed by atoms with Crippen LogP contribution in [0.1, 0.15) is 88.3 Å². The topological polar surface area (TPSA) is 126 Å². The monoisotopic (exact) mass is 652 g/mol. The van der Waals surface area contributed by atoms with Crippen LogP contribution >= 0.6 is 0 Å². The van der Waals surface area contributed by atoms with Crippen LogP contribution in [0, 0.1) is 0 Å². The smallest absolute Gasteiger partial charge is 0.279 e. The first-order valence-corrected chi connectivity index (χ1v) is 17.3. The van der Waals surface area contributed by atoms with Crippen LogP contribution in [-0.2, 0) is 17.8 Å². The minimum Gasteiger partial charge on any atom is -0.473 e. The van der Waals surface area contributed by atoms with Gasteiger partial charge in [0.2, 0.25) is 5.88 Å². The van der Waals surface area contributed by atoms with Crippen LogP contribution in [0.15, 0.2) is 58.2 Å². The summed E-state index contributed by atoms with van der Waals surface area (Å²) in [6.07, 6.45) is 15.0. The maximum atomic E-state index is 13.7. The maximum absolute atomic E-state index is 13.7. The largest absolute Gasteiger partial charge is 0.473 e. The van der Waals surface area contributed by atoms with E-state index in [2.05, 4.69) is 29.0 Å². The zero-order valence-electron chi connectivity index (χ0n) is 28.0. The summed E-state index contributed by atoms with van der Waals surface area (Å²) in [6, 6.07) is 9.40. The molecule has 0 spiro atoms. The fraction of sp³-hybridized carbons (Fsp3) is 0.500. The van der Waals surface area contributed by atoms with E-state index in [1.807, 2.05) is 37.4 Å². The van der Waals surface area contributed by atoms with Gasteiger partial charge in [-0.3, -0.25) is 14.7 Å². The highest BCUT2D eigenvalue weighted by Crippen LogP contribution is 2.30. The molecule has 48 heavy (non-hydrogen) atoms. The molecule has 0 aromatic carbocycles. The third-order valence-corrected chi connectivity index (χ3v) is 9.76. The first-order valence-electron chi connectivity index (χ1n) is 17.3. The molecule has 0 amide bonds. The van der Waals surface area contributed by atoms with E-state index in [0.717, 1.165) is 62.1 Å². The van der Waals surface area contributed by atoms with Crippen LogP contribution in [0.2, 0.25) is 0 Å². The Hall–Kier alpha value is -4.42. The van der Waals surface area contributed by atoms with Crippen LogP contribution in [0.5, 0.6) is 5.88 Å². The van der Waals surface area contributed by atoms with E-state index in [1.54, 1.807) is 27.7 Å². The van der Waals surface area contributed by atoms with Gasteiger partial charge < -0.3 is 18.6 Å². The van der Waals surface area contributed by atoms with Crippen molar-refractivity contribution in [2.75, 3.05) is 20.2 Å². The zero-order chi connectivity index (χ0) is 33.0. The first-order chi connectivity index (χ1) is 23.5. The summed E-state index contributed by atoms with van der Waals surface area (Å²) >= 11 is 0. The Morgan fingerprint density at radius 2 is 1.88 bits per heavy atom. The van der Waals surface area contributed by atoms with E-state index < -0.39 is 0 Å². The molecule has 3 atom stereocenters. The van der Waals surface area contributed by atoms with Crippen molar-refractivity contribution in [3.05, 3.63) is 76.3 Å². The number of aromatic nitrogens is 7. The van der Waals surface area contributed by atoms with Gasteiger partial charge in [-0.05, 0) is 77.7 Å². The first kappa shape index (κ1) is 32.1. The highest BCUT2D eigenvalue weighted by atomic mass is 16.5. The molecule has 5 aromatic rings. The van der Waals surface area contributed by atoms with E-state index >= 15 is 0 Å². The maximum Gasteiger partial charge on any atom is 0.279 e. The van der Waals surface area contributed by atoms with Gasteiger partial charge in [-0.2, -0.15) is 10.1 Å². The Labute approximate surface area is 280 Å². The van der Waals surface area contributed by atoms with Crippen LogP contribution in [0.25, 0.3) is 28.2 Å². The molecule has 1 saturated heterocycles. The Kier molecular flexibility index (Phi) is 9.62. The Balaban J connectivity index is 1.28. The van der Waals surface area contributed by atoms with Crippen molar-refractivity contribution < 1.29 is 14.0 Å². The second-order valence-electron chi connectivity index (χ2n) is 13.1. The minimum absolute atomic E-state index is 0.101. The van der Waals surface area contributed by atoms with Gasteiger partial charge in [-0.15, -0.1) is 0 Å². The van der Waals surface area contributed by atoms with Crippen molar-refractivity contribution in [3.63, 3.8) is 0 Å². The molecule has 12 nitrogen and oxygen atoms in total. The van der Waals surface area contributed by atoms with Gasteiger partial charge in [0.15, 0.2) is 28.6 Å². The second kappa shape index (κ2) is 14.4. The quantitative estimate of drug-likeness (QED) is 0.209. The molecule has 252 valence electrons. The summed E-state index contributed by atoms with van der Waals surface area (Å²) in [5, 5.41) is 9.95. The van der Waals surface area contributed by atoms with Gasteiger partial charge in [-0.25, -0.2) is 9.67 Å². The Bertz CT molecular complexity index is 1900. The highest BCUT2D eigenvalue weighted by molar-refractivity contribution is 5.77. The summed E-state index contributed by atoms with van der Waals surface area (Å²) in [7, 11) is 2.13. The molecule has 5 aromatic heterocycles. The molecule has 1 fully saturated rings. The molecular weight excluding hydrogens is 608 g/mol. The van der Waals surface area contributed by atoms with Crippen LogP contribution in [0.3, 0.4) is 0 Å². The lowest BCUT2D eigenvalue weighted by Crippen LogP contribution is -2.38. The average Bonchev–Trinajstić information content (AvgIpc) is 3.84. The number of likely N-dealkylation sites (tertiary alicyclic amines) is 1. The van der Waals surface area contributed by atoms with Gasteiger partial charge in [0.1, 0.15) is 12.7 Å². The van der Waals surface area contributed by atoms with E-state index in [-0.39, 0.29) is 23.7 Å². The number of ether oxygens (including phenoxy) is 2. The summed E-state index contributed by atoms with van der Waals surface area (Å²) in [5.41, 5.74) is 2.50. The number of likely N-dealkylation sites (N-methyl/N-ethyl adjacent to an activating group) is 1. The molecule has 2 aliphatic heterocycles. The van der Waals surface area contributed by atoms with Gasteiger partial charge >= 0.3 is 0 Å². The number of hydrogen-bond donors (Lipinski definition) is 0. The van der Waals surface area contributed by atoms with Gasteiger partial charge in [0.05, 0.1) is 11.7 Å². The Morgan fingerprint density at radius 1 is 1.02 bits per heavy atom. The fourth-order valence-corrected chi connectivity index (χ4v) is 6.98. The van der Waals surface area contributed by atoms with Crippen LogP contribution in [-0.4, -0.2) is 71.7 Å². The predicted octanol–water partition coefficient (Wildman–Crippen LogP) is 5.91. The van der Waals surface area contributed by atoms with Crippen molar-refractivity contribution in [3.8, 4) is 23.2 Å². The molecule has 7 rings (SSSR count). The molecule has 7 heterocycles. The molecule has 0 radical (unpaired) electrons. The number of nitrogens with zero attached hydrogens (tertiary/aromatic N) is 8. The summed E-state index contributed by atoms with van der Waals surface area (Å²) < 4.78 is 21.7. The summed E-state index contributed by atoms with van der Waals surface area (Å²) in [6.45, 7) is 6.15. The molecule has 0 N–H and O–H groups in total. The SMILES string of the molecule is C[C@H](Oc1cc(-n2cc3ccn([C@@H](C)c4ccccn4)c(=O)c3n2)nc(-c2noc3c2CCCCCCCCOC3)n1)[C@@H]1CCCN1C.